The van der Waals surface area contributed by atoms with Gasteiger partial charge in [0.05, 0.1) is 19.3 Å². The van der Waals surface area contributed by atoms with Crippen molar-refractivity contribution in [2.45, 2.75) is 45.4 Å². The van der Waals surface area contributed by atoms with Gasteiger partial charge >= 0.3 is 5.97 Å². The zero-order valence-corrected chi connectivity index (χ0v) is 17.8. The van der Waals surface area contributed by atoms with Crippen LogP contribution in [0.15, 0.2) is 30.3 Å². The SMILES string of the molecule is CCCOC(=O)c1c(NC(=O)C=Cc2ccc(OC)cc2)sc2c1CCCCC2. The minimum atomic E-state index is -0.333. The Labute approximate surface area is 175 Å². The smallest absolute Gasteiger partial charge is 0.341 e. The van der Waals surface area contributed by atoms with Crippen LogP contribution >= 0.6 is 11.3 Å². The van der Waals surface area contributed by atoms with Crippen molar-refractivity contribution >= 4 is 34.3 Å². The second-order valence-electron chi connectivity index (χ2n) is 7.00. The molecule has 3 rings (SSSR count). The summed E-state index contributed by atoms with van der Waals surface area (Å²) >= 11 is 1.51. The van der Waals surface area contributed by atoms with E-state index in [1.165, 1.54) is 22.3 Å². The van der Waals surface area contributed by atoms with Crippen LogP contribution in [0.5, 0.6) is 5.75 Å². The Balaban J connectivity index is 1.78. The Bertz CT molecular complexity index is 883. The highest BCUT2D eigenvalue weighted by Gasteiger charge is 2.26. The van der Waals surface area contributed by atoms with Gasteiger partial charge in [-0.2, -0.15) is 0 Å². The zero-order valence-electron chi connectivity index (χ0n) is 17.0. The van der Waals surface area contributed by atoms with Crippen molar-refractivity contribution in [3.63, 3.8) is 0 Å². The standard InChI is InChI=1S/C23H27NO4S/c1-3-15-28-23(26)21-18-7-5-4-6-8-19(18)29-22(21)24-20(25)14-11-16-9-12-17(27-2)13-10-16/h9-14H,3-8,15H2,1-2H3,(H,24,25). The monoisotopic (exact) mass is 413 g/mol. The lowest BCUT2D eigenvalue weighted by Crippen LogP contribution is -2.13. The van der Waals surface area contributed by atoms with Crippen molar-refractivity contribution in [3.8, 4) is 5.75 Å². The number of aryl methyl sites for hydroxylation is 1. The molecule has 0 spiro atoms. The number of anilines is 1. The predicted molar refractivity (Wildman–Crippen MR) is 117 cm³/mol. The van der Waals surface area contributed by atoms with Crippen LogP contribution in [0.1, 0.15) is 59.0 Å². The van der Waals surface area contributed by atoms with Gasteiger partial charge in [-0.05, 0) is 61.4 Å². The van der Waals surface area contributed by atoms with E-state index in [4.69, 9.17) is 9.47 Å². The van der Waals surface area contributed by atoms with Crippen molar-refractivity contribution in [1.29, 1.82) is 0 Å². The third-order valence-corrected chi connectivity index (χ3v) is 6.05. The van der Waals surface area contributed by atoms with Crippen molar-refractivity contribution in [2.75, 3.05) is 19.0 Å². The summed E-state index contributed by atoms with van der Waals surface area (Å²) < 4.78 is 10.5. The molecule has 5 nitrogen and oxygen atoms in total. The molecule has 1 heterocycles. The summed E-state index contributed by atoms with van der Waals surface area (Å²) in [5.74, 6) is 0.171. The maximum absolute atomic E-state index is 12.7. The summed E-state index contributed by atoms with van der Waals surface area (Å²) in [7, 11) is 1.62. The third kappa shape index (κ3) is 5.48. The van der Waals surface area contributed by atoms with Gasteiger partial charge in [-0.1, -0.05) is 25.5 Å². The summed E-state index contributed by atoms with van der Waals surface area (Å²) in [4.78, 5) is 26.4. The molecule has 1 N–H and O–H groups in total. The van der Waals surface area contributed by atoms with Gasteiger partial charge in [0.25, 0.3) is 0 Å². The fourth-order valence-electron chi connectivity index (χ4n) is 3.35. The van der Waals surface area contributed by atoms with Crippen LogP contribution in [-0.2, 0) is 22.4 Å². The zero-order chi connectivity index (χ0) is 20.6. The fourth-order valence-corrected chi connectivity index (χ4v) is 4.63. The Morgan fingerprint density at radius 3 is 2.62 bits per heavy atom. The average molecular weight is 414 g/mol. The van der Waals surface area contributed by atoms with Crippen LogP contribution in [0.2, 0.25) is 0 Å². The Hall–Kier alpha value is -2.60. The van der Waals surface area contributed by atoms with Gasteiger partial charge in [-0.15, -0.1) is 11.3 Å². The highest BCUT2D eigenvalue weighted by Crippen LogP contribution is 2.38. The Morgan fingerprint density at radius 2 is 1.90 bits per heavy atom. The number of ether oxygens (including phenoxy) is 2. The van der Waals surface area contributed by atoms with Gasteiger partial charge in [0.2, 0.25) is 5.91 Å². The lowest BCUT2D eigenvalue weighted by atomic mass is 10.1. The maximum atomic E-state index is 12.7. The molecule has 0 saturated heterocycles. The number of thiophene rings is 1. The van der Waals surface area contributed by atoms with Crippen molar-refractivity contribution in [2.24, 2.45) is 0 Å². The summed E-state index contributed by atoms with van der Waals surface area (Å²) in [6.45, 7) is 2.35. The molecule has 1 aromatic heterocycles. The van der Waals surface area contributed by atoms with Gasteiger partial charge in [0.1, 0.15) is 10.8 Å². The molecule has 0 fully saturated rings. The van der Waals surface area contributed by atoms with Crippen molar-refractivity contribution in [3.05, 3.63) is 51.9 Å². The number of carbonyl (C=O) groups is 2. The molecule has 1 aromatic carbocycles. The molecule has 0 aliphatic heterocycles. The van der Waals surface area contributed by atoms with Crippen LogP contribution in [0.25, 0.3) is 6.08 Å². The lowest BCUT2D eigenvalue weighted by molar-refractivity contribution is -0.111. The van der Waals surface area contributed by atoms with Gasteiger partial charge < -0.3 is 14.8 Å². The van der Waals surface area contributed by atoms with Gasteiger partial charge in [0, 0.05) is 11.0 Å². The number of methoxy groups -OCH3 is 1. The maximum Gasteiger partial charge on any atom is 0.341 e. The fraction of sp³-hybridized carbons (Fsp3) is 0.391. The molecule has 29 heavy (non-hydrogen) atoms. The third-order valence-electron chi connectivity index (χ3n) is 4.84. The van der Waals surface area contributed by atoms with Gasteiger partial charge in [0.15, 0.2) is 0 Å². The molecule has 0 bridgehead atoms. The lowest BCUT2D eigenvalue weighted by Gasteiger charge is -2.08. The molecule has 154 valence electrons. The summed E-state index contributed by atoms with van der Waals surface area (Å²) in [6.07, 6.45) is 9.13. The molecule has 6 heteroatoms. The number of hydrogen-bond acceptors (Lipinski definition) is 5. The molecule has 0 radical (unpaired) electrons. The van der Waals surface area contributed by atoms with E-state index in [-0.39, 0.29) is 11.9 Å². The second-order valence-corrected chi connectivity index (χ2v) is 8.11. The minimum absolute atomic E-state index is 0.262. The summed E-state index contributed by atoms with van der Waals surface area (Å²) in [6, 6.07) is 7.44. The normalized spacial score (nSPS) is 13.6. The summed E-state index contributed by atoms with van der Waals surface area (Å²) in [5.41, 5.74) is 2.50. The van der Waals surface area contributed by atoms with Crippen molar-refractivity contribution < 1.29 is 19.1 Å². The van der Waals surface area contributed by atoms with Gasteiger partial charge in [-0.3, -0.25) is 4.79 Å². The highest BCUT2D eigenvalue weighted by atomic mass is 32.1. The molecule has 1 aliphatic rings. The van der Waals surface area contributed by atoms with E-state index in [9.17, 15) is 9.59 Å². The molecule has 1 aliphatic carbocycles. The van der Waals surface area contributed by atoms with Crippen LogP contribution in [0.4, 0.5) is 5.00 Å². The molecule has 0 atom stereocenters. The molecule has 0 unspecified atom stereocenters. The van der Waals surface area contributed by atoms with Crippen LogP contribution in [-0.4, -0.2) is 25.6 Å². The highest BCUT2D eigenvalue weighted by molar-refractivity contribution is 7.17. The number of benzene rings is 1. The number of rotatable bonds is 7. The van der Waals surface area contributed by atoms with E-state index >= 15 is 0 Å². The van der Waals surface area contributed by atoms with Crippen LogP contribution in [0.3, 0.4) is 0 Å². The Morgan fingerprint density at radius 1 is 1.14 bits per heavy atom. The molecule has 1 amide bonds. The predicted octanol–water partition coefficient (Wildman–Crippen LogP) is 5.24. The van der Waals surface area contributed by atoms with E-state index in [2.05, 4.69) is 5.32 Å². The summed E-state index contributed by atoms with van der Waals surface area (Å²) in [5, 5.41) is 3.50. The number of hydrogen-bond donors (Lipinski definition) is 1. The number of fused-ring (bicyclic) bond motifs is 1. The van der Waals surface area contributed by atoms with Gasteiger partial charge in [-0.25, -0.2) is 4.79 Å². The molecular weight excluding hydrogens is 386 g/mol. The molecule has 2 aromatic rings. The first-order valence-corrected chi connectivity index (χ1v) is 10.9. The average Bonchev–Trinajstić information content (AvgIpc) is 2.91. The second kappa shape index (κ2) is 10.3. The largest absolute Gasteiger partial charge is 0.497 e. The quantitative estimate of drug-likeness (QED) is 0.383. The van der Waals surface area contributed by atoms with Crippen molar-refractivity contribution in [1.82, 2.24) is 0 Å². The first-order chi connectivity index (χ1) is 14.1. The molecule has 0 saturated carbocycles. The topological polar surface area (TPSA) is 64.6 Å². The molecular formula is C23H27NO4S. The Kier molecular flexibility index (Phi) is 7.47. The number of amides is 1. The first-order valence-electron chi connectivity index (χ1n) is 10.1. The first kappa shape index (κ1) is 21.1. The van der Waals surface area contributed by atoms with Crippen LogP contribution in [0, 0.1) is 0 Å². The van der Waals surface area contributed by atoms with Crippen LogP contribution < -0.4 is 10.1 Å². The van der Waals surface area contributed by atoms with E-state index in [0.717, 1.165) is 55.4 Å². The van der Waals surface area contributed by atoms with E-state index in [0.29, 0.717) is 17.2 Å². The van der Waals surface area contributed by atoms with E-state index in [1.807, 2.05) is 31.2 Å². The number of esters is 1. The number of nitrogens with one attached hydrogen (secondary N) is 1. The minimum Gasteiger partial charge on any atom is -0.497 e. The number of carbonyl (C=O) groups excluding carboxylic acids is 2. The van der Waals surface area contributed by atoms with E-state index in [1.54, 1.807) is 13.2 Å². The van der Waals surface area contributed by atoms with E-state index < -0.39 is 0 Å².